The van der Waals surface area contributed by atoms with Gasteiger partial charge in [0.05, 0.1) is 27.6 Å². The van der Waals surface area contributed by atoms with Crippen LogP contribution in [0.1, 0.15) is 64.1 Å². The highest BCUT2D eigenvalue weighted by Gasteiger charge is 2.36. The molecule has 3 aromatic rings. The Morgan fingerprint density at radius 3 is 2.44 bits per heavy atom. The number of hydrogen-bond donors (Lipinski definition) is 1. The van der Waals surface area contributed by atoms with Gasteiger partial charge in [-0.3, -0.25) is 9.59 Å². The number of likely N-dealkylation sites (tertiary alicyclic amines) is 1. The molecule has 0 unspecified atom stereocenters. The Morgan fingerprint density at radius 2 is 1.68 bits per heavy atom. The zero-order valence-corrected chi connectivity index (χ0v) is 25.1. The molecule has 2 amide bonds. The summed E-state index contributed by atoms with van der Waals surface area (Å²) >= 11 is 0. The fourth-order valence-electron chi connectivity index (χ4n) is 6.23. The van der Waals surface area contributed by atoms with Gasteiger partial charge in [-0.2, -0.15) is 0 Å². The summed E-state index contributed by atoms with van der Waals surface area (Å²) in [5, 5.41) is 3.00. The highest BCUT2D eigenvalue weighted by atomic mass is 32.2. The molecule has 0 aliphatic carbocycles. The van der Waals surface area contributed by atoms with Gasteiger partial charge in [-0.25, -0.2) is 8.42 Å². The van der Waals surface area contributed by atoms with E-state index < -0.39 is 15.7 Å². The molecule has 7 nitrogen and oxygen atoms in total. The summed E-state index contributed by atoms with van der Waals surface area (Å²) in [7, 11) is -4.00. The molecule has 1 fully saturated rings. The van der Waals surface area contributed by atoms with Gasteiger partial charge >= 0.3 is 0 Å². The number of fused-ring (bicyclic) bond motifs is 2. The van der Waals surface area contributed by atoms with E-state index in [4.69, 9.17) is 0 Å². The van der Waals surface area contributed by atoms with Gasteiger partial charge in [0.1, 0.15) is 0 Å². The monoisotopic (exact) mass is 573 g/mol. The number of sulfone groups is 1. The first-order valence-electron chi connectivity index (χ1n) is 14.4. The molecule has 2 atom stereocenters. The summed E-state index contributed by atoms with van der Waals surface area (Å²) in [6.45, 7) is 12.3. The van der Waals surface area contributed by atoms with Crippen LogP contribution in [-0.2, 0) is 16.4 Å². The van der Waals surface area contributed by atoms with E-state index in [0.717, 1.165) is 42.7 Å². The SMILES string of the molecule is Cc1ccc(C)c(CN2C(=O)c3ccccc3S(=O)(=O)c3ccc(C(=O)NCCCN4C[C@@H](C)C[C@H](C)C4)cc32)c1. The number of carbonyl (C=O) groups excluding carboxylic acids is 2. The van der Waals surface area contributed by atoms with Crippen molar-refractivity contribution in [3.05, 3.63) is 88.5 Å². The Balaban J connectivity index is 1.43. The van der Waals surface area contributed by atoms with Crippen LogP contribution in [0.3, 0.4) is 0 Å². The second kappa shape index (κ2) is 11.8. The Bertz CT molecular complexity index is 1570. The molecule has 41 heavy (non-hydrogen) atoms. The Kier molecular flexibility index (Phi) is 8.34. The van der Waals surface area contributed by atoms with Crippen molar-refractivity contribution >= 4 is 27.3 Å². The molecule has 2 aliphatic rings. The van der Waals surface area contributed by atoms with Crippen LogP contribution in [0.15, 0.2) is 70.5 Å². The van der Waals surface area contributed by atoms with Crippen LogP contribution in [-0.4, -0.2) is 51.3 Å². The number of piperidine rings is 1. The number of nitrogens with one attached hydrogen (secondary N) is 1. The van der Waals surface area contributed by atoms with Crippen molar-refractivity contribution in [3.8, 4) is 0 Å². The highest BCUT2D eigenvalue weighted by Crippen LogP contribution is 2.38. The molecule has 8 heteroatoms. The summed E-state index contributed by atoms with van der Waals surface area (Å²) in [6.07, 6.45) is 2.09. The van der Waals surface area contributed by atoms with E-state index in [1.165, 1.54) is 29.5 Å². The summed E-state index contributed by atoms with van der Waals surface area (Å²) < 4.78 is 27.6. The van der Waals surface area contributed by atoms with Crippen LogP contribution in [0.4, 0.5) is 5.69 Å². The number of aryl methyl sites for hydroxylation is 2. The zero-order chi connectivity index (χ0) is 29.3. The van der Waals surface area contributed by atoms with Gasteiger partial charge in [0.2, 0.25) is 9.84 Å². The summed E-state index contributed by atoms with van der Waals surface area (Å²) in [5.41, 5.74) is 3.62. The molecule has 2 heterocycles. The minimum absolute atomic E-state index is 0.0194. The molecule has 0 spiro atoms. The van der Waals surface area contributed by atoms with E-state index in [9.17, 15) is 18.0 Å². The normalized spacial score (nSPS) is 20.2. The largest absolute Gasteiger partial charge is 0.352 e. The van der Waals surface area contributed by atoms with E-state index in [0.29, 0.717) is 23.9 Å². The van der Waals surface area contributed by atoms with Crippen molar-refractivity contribution < 1.29 is 18.0 Å². The van der Waals surface area contributed by atoms with Crippen molar-refractivity contribution in [3.63, 3.8) is 0 Å². The van der Waals surface area contributed by atoms with Crippen LogP contribution in [0.5, 0.6) is 0 Å². The molecule has 0 radical (unpaired) electrons. The fourth-order valence-corrected chi connectivity index (χ4v) is 7.86. The van der Waals surface area contributed by atoms with Crippen LogP contribution in [0, 0.1) is 25.7 Å². The van der Waals surface area contributed by atoms with Gasteiger partial charge in [0.15, 0.2) is 0 Å². The first-order valence-corrected chi connectivity index (χ1v) is 15.9. The molecule has 1 saturated heterocycles. The second-order valence-electron chi connectivity index (χ2n) is 11.8. The van der Waals surface area contributed by atoms with Crippen molar-refractivity contribution in [2.75, 3.05) is 31.1 Å². The third-order valence-corrected chi connectivity index (χ3v) is 10.0. The van der Waals surface area contributed by atoms with E-state index in [-0.39, 0.29) is 33.5 Å². The quantitative estimate of drug-likeness (QED) is 0.383. The molecule has 0 bridgehead atoms. The Hall–Kier alpha value is -3.49. The molecule has 1 N–H and O–H groups in total. The number of nitrogens with zero attached hydrogens (tertiary/aromatic N) is 2. The van der Waals surface area contributed by atoms with Gasteiger partial charge in [0.25, 0.3) is 11.8 Å². The third kappa shape index (κ3) is 6.09. The fraction of sp³-hybridized carbons (Fsp3) is 0.394. The van der Waals surface area contributed by atoms with Gasteiger partial charge < -0.3 is 15.1 Å². The molecular weight excluding hydrogens is 534 g/mol. The van der Waals surface area contributed by atoms with E-state index >= 15 is 0 Å². The second-order valence-corrected chi connectivity index (χ2v) is 13.7. The summed E-state index contributed by atoms with van der Waals surface area (Å²) in [4.78, 5) is 31.1. The Labute approximate surface area is 243 Å². The van der Waals surface area contributed by atoms with Gasteiger partial charge in [0, 0.05) is 25.2 Å². The topological polar surface area (TPSA) is 86.8 Å². The first-order chi connectivity index (χ1) is 19.5. The summed E-state index contributed by atoms with van der Waals surface area (Å²) in [5.74, 6) is 0.673. The predicted molar refractivity (Wildman–Crippen MR) is 161 cm³/mol. The number of carbonyl (C=O) groups is 2. The molecule has 2 aliphatic heterocycles. The number of benzene rings is 3. The smallest absolute Gasteiger partial charge is 0.259 e. The lowest BCUT2D eigenvalue weighted by Crippen LogP contribution is -2.40. The molecule has 5 rings (SSSR count). The third-order valence-electron chi connectivity index (χ3n) is 8.17. The molecule has 0 aromatic heterocycles. The average Bonchev–Trinajstić information content (AvgIpc) is 3.00. The zero-order valence-electron chi connectivity index (χ0n) is 24.3. The van der Waals surface area contributed by atoms with Crippen molar-refractivity contribution in [2.24, 2.45) is 11.8 Å². The predicted octanol–water partition coefficient (Wildman–Crippen LogP) is 5.39. The van der Waals surface area contributed by atoms with E-state index in [1.807, 2.05) is 32.0 Å². The maximum absolute atomic E-state index is 13.9. The molecular formula is C33H39N3O4S. The number of rotatable bonds is 7. The average molecular weight is 574 g/mol. The Morgan fingerprint density at radius 1 is 0.951 bits per heavy atom. The van der Waals surface area contributed by atoms with E-state index in [2.05, 4.69) is 24.1 Å². The maximum Gasteiger partial charge on any atom is 0.259 e. The van der Waals surface area contributed by atoms with Crippen molar-refractivity contribution in [1.29, 1.82) is 0 Å². The van der Waals surface area contributed by atoms with Crippen molar-refractivity contribution in [2.45, 2.75) is 56.9 Å². The van der Waals surface area contributed by atoms with Gasteiger partial charge in [-0.05, 0) is 86.5 Å². The number of amides is 2. The molecule has 0 saturated carbocycles. The number of anilines is 1. The first kappa shape index (κ1) is 29.0. The van der Waals surface area contributed by atoms with Gasteiger partial charge in [-0.15, -0.1) is 0 Å². The molecule has 216 valence electrons. The highest BCUT2D eigenvalue weighted by molar-refractivity contribution is 7.91. The summed E-state index contributed by atoms with van der Waals surface area (Å²) in [6, 6.07) is 16.9. The van der Waals surface area contributed by atoms with Crippen molar-refractivity contribution in [1.82, 2.24) is 10.2 Å². The van der Waals surface area contributed by atoms with Gasteiger partial charge in [-0.1, -0.05) is 49.7 Å². The minimum atomic E-state index is -4.00. The van der Waals surface area contributed by atoms with Crippen LogP contribution in [0.25, 0.3) is 0 Å². The lowest BCUT2D eigenvalue weighted by molar-refractivity contribution is 0.0944. The number of hydrogen-bond acceptors (Lipinski definition) is 5. The van der Waals surface area contributed by atoms with Crippen LogP contribution in [0.2, 0.25) is 0 Å². The van der Waals surface area contributed by atoms with E-state index in [1.54, 1.807) is 24.3 Å². The standard InChI is InChI=1S/C33H39N3O4S/c1-22-10-11-25(4)27(17-22)21-36-29-18-26(32(37)34-14-7-15-35-19-23(2)16-24(3)20-35)12-13-31(29)41(39,40)30-9-6-5-8-28(30)33(36)38/h5-6,8-13,17-18,23-24H,7,14-16,19-21H2,1-4H3,(H,34,37)/t23-,24-/m0/s1. The lowest BCUT2D eigenvalue weighted by atomic mass is 9.92. The lowest BCUT2D eigenvalue weighted by Gasteiger charge is -2.34. The maximum atomic E-state index is 13.9. The van der Waals surface area contributed by atoms with Crippen LogP contribution < -0.4 is 10.2 Å². The van der Waals surface area contributed by atoms with Crippen LogP contribution >= 0.6 is 0 Å². The minimum Gasteiger partial charge on any atom is -0.352 e. The molecule has 3 aromatic carbocycles.